The molecule has 2 aromatic carbocycles. The molecule has 3 aromatic rings. The first kappa shape index (κ1) is 21.3. The van der Waals surface area contributed by atoms with E-state index in [0.717, 1.165) is 5.69 Å². The number of anilines is 1. The quantitative estimate of drug-likeness (QED) is 0.548. The third-order valence-corrected chi connectivity index (χ3v) is 7.44. The molecule has 1 aliphatic rings. The van der Waals surface area contributed by atoms with Crippen molar-refractivity contribution in [3.05, 3.63) is 60.3 Å². The molecule has 7 nitrogen and oxygen atoms in total. The number of aromatic nitrogens is 1. The summed E-state index contributed by atoms with van der Waals surface area (Å²) in [5.41, 5.74) is 2.20. The highest BCUT2D eigenvalue weighted by Crippen LogP contribution is 2.32. The van der Waals surface area contributed by atoms with Crippen LogP contribution in [0.5, 0.6) is 5.75 Å². The number of ketones is 1. The smallest absolute Gasteiger partial charge is 0.243 e. The van der Waals surface area contributed by atoms with Gasteiger partial charge in [0.05, 0.1) is 11.5 Å². The number of sulfonamides is 1. The second-order valence-electron chi connectivity index (χ2n) is 7.39. The van der Waals surface area contributed by atoms with E-state index in [1.165, 1.54) is 4.31 Å². The second-order valence-corrected chi connectivity index (χ2v) is 9.29. The molecule has 0 saturated carbocycles. The fourth-order valence-electron chi connectivity index (χ4n) is 3.85. The molecule has 0 radical (unpaired) electrons. The number of carbonyl (C=O) groups is 1. The Balaban J connectivity index is 1.56. The fourth-order valence-corrected chi connectivity index (χ4v) is 5.46. The highest BCUT2D eigenvalue weighted by molar-refractivity contribution is 7.89. The van der Waals surface area contributed by atoms with Gasteiger partial charge < -0.3 is 9.64 Å². The lowest BCUT2D eigenvalue weighted by Gasteiger charge is -2.35. The highest BCUT2D eigenvalue weighted by atomic mass is 32.2. The average molecular weight is 440 g/mol. The Labute approximate surface area is 182 Å². The van der Waals surface area contributed by atoms with Crippen molar-refractivity contribution in [1.29, 1.82) is 0 Å². The standard InChI is InChI=1S/C23H25N3O4S/c1-3-30-21-10-11-22(20-5-4-12-24-23(20)21)31(28,29)26-15-13-25(14-16-26)19-8-6-18(7-9-19)17(2)27/h4-12H,3,13-16H2,1-2H3. The van der Waals surface area contributed by atoms with E-state index < -0.39 is 10.0 Å². The molecule has 0 unspecified atom stereocenters. The first-order valence-corrected chi connectivity index (χ1v) is 11.7. The zero-order valence-corrected chi connectivity index (χ0v) is 18.4. The molecule has 1 fully saturated rings. The van der Waals surface area contributed by atoms with Crippen molar-refractivity contribution in [1.82, 2.24) is 9.29 Å². The minimum atomic E-state index is -3.68. The number of carbonyl (C=O) groups excluding carboxylic acids is 1. The highest BCUT2D eigenvalue weighted by Gasteiger charge is 2.30. The second kappa shape index (κ2) is 8.64. The summed E-state index contributed by atoms with van der Waals surface area (Å²) in [5, 5.41) is 0.565. The third-order valence-electron chi connectivity index (χ3n) is 5.49. The van der Waals surface area contributed by atoms with Gasteiger partial charge >= 0.3 is 0 Å². The molecular weight excluding hydrogens is 414 g/mol. The first-order chi connectivity index (χ1) is 14.9. The molecule has 162 valence electrons. The number of rotatable bonds is 6. The van der Waals surface area contributed by atoms with Gasteiger partial charge in [-0.05, 0) is 62.4 Å². The first-order valence-electron chi connectivity index (χ1n) is 10.3. The van der Waals surface area contributed by atoms with Crippen LogP contribution in [0.25, 0.3) is 10.9 Å². The number of benzene rings is 2. The van der Waals surface area contributed by atoms with Crippen molar-refractivity contribution in [3.63, 3.8) is 0 Å². The minimum Gasteiger partial charge on any atom is -0.492 e. The van der Waals surface area contributed by atoms with Gasteiger partial charge in [0.1, 0.15) is 11.3 Å². The molecule has 1 saturated heterocycles. The van der Waals surface area contributed by atoms with E-state index in [1.54, 1.807) is 49.5 Å². The van der Waals surface area contributed by atoms with Crippen molar-refractivity contribution in [2.24, 2.45) is 0 Å². The maximum absolute atomic E-state index is 13.4. The van der Waals surface area contributed by atoms with E-state index >= 15 is 0 Å². The largest absolute Gasteiger partial charge is 0.492 e. The monoisotopic (exact) mass is 439 g/mol. The molecule has 1 aliphatic heterocycles. The summed E-state index contributed by atoms with van der Waals surface area (Å²) in [6.07, 6.45) is 1.64. The minimum absolute atomic E-state index is 0.0273. The molecule has 1 aromatic heterocycles. The Morgan fingerprint density at radius 3 is 2.39 bits per heavy atom. The number of Topliss-reactive ketones (excluding diaryl/α,β-unsaturated/α-hetero) is 1. The Hall–Kier alpha value is -2.97. The van der Waals surface area contributed by atoms with Crippen LogP contribution in [0.15, 0.2) is 59.6 Å². The van der Waals surface area contributed by atoms with Crippen molar-refractivity contribution in [3.8, 4) is 5.75 Å². The SMILES string of the molecule is CCOc1ccc(S(=O)(=O)N2CCN(c3ccc(C(C)=O)cc3)CC2)c2cccnc12. The number of hydrogen-bond acceptors (Lipinski definition) is 6. The predicted molar refractivity (Wildman–Crippen MR) is 120 cm³/mol. The van der Waals surface area contributed by atoms with E-state index in [0.29, 0.717) is 55.0 Å². The Morgan fingerprint density at radius 1 is 1.03 bits per heavy atom. The number of piperazine rings is 1. The van der Waals surface area contributed by atoms with Crippen molar-refractivity contribution < 1.29 is 17.9 Å². The molecule has 4 rings (SSSR count). The Kier molecular flexibility index (Phi) is 5.93. The third kappa shape index (κ3) is 4.13. The van der Waals surface area contributed by atoms with Gasteiger partial charge in [-0.3, -0.25) is 9.78 Å². The molecule has 0 amide bonds. The molecule has 0 N–H and O–H groups in total. The van der Waals surface area contributed by atoms with Crippen LogP contribution in [0.2, 0.25) is 0 Å². The number of pyridine rings is 1. The normalized spacial score (nSPS) is 15.2. The summed E-state index contributed by atoms with van der Waals surface area (Å²) >= 11 is 0. The maximum Gasteiger partial charge on any atom is 0.243 e. The van der Waals surface area contributed by atoms with Gasteiger partial charge in [0, 0.05) is 49.0 Å². The van der Waals surface area contributed by atoms with Crippen LogP contribution in [-0.2, 0) is 10.0 Å². The van der Waals surface area contributed by atoms with Gasteiger partial charge in [-0.1, -0.05) is 0 Å². The van der Waals surface area contributed by atoms with Gasteiger partial charge in [-0.2, -0.15) is 4.31 Å². The van der Waals surface area contributed by atoms with Crippen LogP contribution in [-0.4, -0.2) is 56.3 Å². The molecule has 0 spiro atoms. The molecular formula is C23H25N3O4S. The van der Waals surface area contributed by atoms with Crippen LogP contribution >= 0.6 is 0 Å². The molecule has 2 heterocycles. The lowest BCUT2D eigenvalue weighted by atomic mass is 10.1. The zero-order valence-electron chi connectivity index (χ0n) is 17.6. The van der Waals surface area contributed by atoms with Crippen LogP contribution < -0.4 is 9.64 Å². The Morgan fingerprint density at radius 2 is 1.74 bits per heavy atom. The summed E-state index contributed by atoms with van der Waals surface area (Å²) in [6, 6.07) is 14.2. The Bertz CT molecular complexity index is 1200. The average Bonchev–Trinajstić information content (AvgIpc) is 2.79. The van der Waals surface area contributed by atoms with Crippen LogP contribution in [0.3, 0.4) is 0 Å². The molecule has 0 bridgehead atoms. The van der Waals surface area contributed by atoms with Gasteiger partial charge in [0.2, 0.25) is 10.0 Å². The van der Waals surface area contributed by atoms with E-state index in [4.69, 9.17) is 4.74 Å². The van der Waals surface area contributed by atoms with Crippen molar-refractivity contribution >= 4 is 32.4 Å². The number of ether oxygens (including phenoxy) is 1. The summed E-state index contributed by atoms with van der Waals surface area (Å²) in [7, 11) is -3.68. The predicted octanol–water partition coefficient (Wildman–Crippen LogP) is 3.35. The van der Waals surface area contributed by atoms with Gasteiger partial charge in [0.25, 0.3) is 0 Å². The van der Waals surface area contributed by atoms with Crippen LogP contribution in [0.4, 0.5) is 5.69 Å². The van der Waals surface area contributed by atoms with Gasteiger partial charge in [-0.25, -0.2) is 8.42 Å². The molecule has 8 heteroatoms. The summed E-state index contributed by atoms with van der Waals surface area (Å²) in [6.45, 7) is 5.81. The van der Waals surface area contributed by atoms with E-state index in [2.05, 4.69) is 9.88 Å². The lowest BCUT2D eigenvalue weighted by Crippen LogP contribution is -2.48. The topological polar surface area (TPSA) is 79.8 Å². The van der Waals surface area contributed by atoms with Crippen LogP contribution in [0.1, 0.15) is 24.2 Å². The summed E-state index contributed by atoms with van der Waals surface area (Å²) in [4.78, 5) is 18.2. The molecule has 31 heavy (non-hydrogen) atoms. The van der Waals surface area contributed by atoms with Crippen molar-refractivity contribution in [2.45, 2.75) is 18.7 Å². The van der Waals surface area contributed by atoms with E-state index in [-0.39, 0.29) is 10.7 Å². The summed E-state index contributed by atoms with van der Waals surface area (Å²) < 4.78 is 34.0. The maximum atomic E-state index is 13.4. The van der Waals surface area contributed by atoms with Gasteiger partial charge in [-0.15, -0.1) is 0 Å². The van der Waals surface area contributed by atoms with Crippen LogP contribution in [0, 0.1) is 0 Å². The van der Waals surface area contributed by atoms with Gasteiger partial charge in [0.15, 0.2) is 5.78 Å². The lowest BCUT2D eigenvalue weighted by molar-refractivity contribution is 0.101. The number of hydrogen-bond donors (Lipinski definition) is 0. The van der Waals surface area contributed by atoms with E-state index in [9.17, 15) is 13.2 Å². The van der Waals surface area contributed by atoms with E-state index in [1.807, 2.05) is 19.1 Å². The number of nitrogens with zero attached hydrogens (tertiary/aromatic N) is 3. The number of fused-ring (bicyclic) bond motifs is 1. The summed E-state index contributed by atoms with van der Waals surface area (Å²) in [5.74, 6) is 0.607. The van der Waals surface area contributed by atoms with Crippen molar-refractivity contribution in [2.75, 3.05) is 37.7 Å². The fraction of sp³-hybridized carbons (Fsp3) is 0.304. The molecule has 0 atom stereocenters. The zero-order chi connectivity index (χ0) is 22.0. The molecule has 0 aliphatic carbocycles.